The average molecular weight is 266 g/mol. The standard InChI is InChI=1S/C18H18O2/c19-18(20)17-15-8-7-14(10-15)16(17)13-6-5-11-3-1-2-4-12(11)9-13/h1-6,9,14-17H,7-8,10H2,(H,19,20)/t14-,15-,16?,17?/m0/s1. The van der Waals surface area contributed by atoms with Crippen LogP contribution in [0.4, 0.5) is 0 Å². The van der Waals surface area contributed by atoms with Gasteiger partial charge < -0.3 is 5.11 Å². The van der Waals surface area contributed by atoms with E-state index in [9.17, 15) is 9.90 Å². The molecule has 2 aromatic rings. The van der Waals surface area contributed by atoms with Gasteiger partial charge >= 0.3 is 5.97 Å². The van der Waals surface area contributed by atoms with E-state index in [-0.39, 0.29) is 11.8 Å². The van der Waals surface area contributed by atoms with Gasteiger partial charge in [-0.25, -0.2) is 0 Å². The molecule has 2 aromatic carbocycles. The van der Waals surface area contributed by atoms with E-state index in [0.29, 0.717) is 11.8 Å². The molecule has 2 bridgehead atoms. The maximum atomic E-state index is 11.6. The van der Waals surface area contributed by atoms with Crippen molar-refractivity contribution in [3.63, 3.8) is 0 Å². The molecule has 0 saturated heterocycles. The van der Waals surface area contributed by atoms with Gasteiger partial charge in [0.05, 0.1) is 5.92 Å². The van der Waals surface area contributed by atoms with Crippen LogP contribution in [0, 0.1) is 17.8 Å². The molecule has 4 rings (SSSR count). The number of rotatable bonds is 2. The molecule has 2 heteroatoms. The number of hydrogen-bond acceptors (Lipinski definition) is 1. The highest BCUT2D eigenvalue weighted by molar-refractivity contribution is 5.83. The number of hydrogen-bond donors (Lipinski definition) is 1. The van der Waals surface area contributed by atoms with E-state index in [4.69, 9.17) is 0 Å². The Morgan fingerprint density at radius 1 is 1.00 bits per heavy atom. The first-order valence-corrected chi connectivity index (χ1v) is 7.45. The molecule has 2 nitrogen and oxygen atoms in total. The van der Waals surface area contributed by atoms with Crippen LogP contribution >= 0.6 is 0 Å². The average Bonchev–Trinajstić information content (AvgIpc) is 3.07. The summed E-state index contributed by atoms with van der Waals surface area (Å²) in [5.74, 6) is 0.414. The SMILES string of the molecule is O=C(O)C1C(c2ccc3ccccc3c2)[C@H]2CC[C@H]1C2. The van der Waals surface area contributed by atoms with Gasteiger partial charge in [-0.3, -0.25) is 4.79 Å². The minimum Gasteiger partial charge on any atom is -0.481 e. The molecule has 1 N–H and O–H groups in total. The Bertz CT molecular complexity index is 676. The molecule has 0 aliphatic heterocycles. The summed E-state index contributed by atoms with van der Waals surface area (Å²) in [5.41, 5.74) is 1.23. The van der Waals surface area contributed by atoms with Crippen LogP contribution in [0.15, 0.2) is 42.5 Å². The highest BCUT2D eigenvalue weighted by Crippen LogP contribution is 2.56. The highest BCUT2D eigenvalue weighted by atomic mass is 16.4. The molecule has 2 unspecified atom stereocenters. The fraction of sp³-hybridized carbons (Fsp3) is 0.389. The van der Waals surface area contributed by atoms with Gasteiger partial charge in [-0.05, 0) is 47.4 Å². The molecule has 2 aliphatic carbocycles. The predicted octanol–water partition coefficient (Wildman–Crippen LogP) is 4.05. The van der Waals surface area contributed by atoms with Crippen LogP contribution in [0.25, 0.3) is 10.8 Å². The molecule has 2 saturated carbocycles. The molecule has 102 valence electrons. The first kappa shape index (κ1) is 12.0. The smallest absolute Gasteiger partial charge is 0.307 e. The molecule has 0 spiro atoms. The van der Waals surface area contributed by atoms with Crippen LogP contribution in [0.3, 0.4) is 0 Å². The van der Waals surface area contributed by atoms with Crippen LogP contribution in [0.2, 0.25) is 0 Å². The lowest BCUT2D eigenvalue weighted by Crippen LogP contribution is -2.27. The lowest BCUT2D eigenvalue weighted by molar-refractivity contribution is -0.144. The monoisotopic (exact) mass is 266 g/mol. The summed E-state index contributed by atoms with van der Waals surface area (Å²) in [4.78, 5) is 11.6. The van der Waals surface area contributed by atoms with E-state index in [1.54, 1.807) is 0 Å². The topological polar surface area (TPSA) is 37.3 Å². The second-order valence-corrected chi connectivity index (χ2v) is 6.33. The lowest BCUT2D eigenvalue weighted by Gasteiger charge is -2.28. The summed E-state index contributed by atoms with van der Waals surface area (Å²) in [6.07, 6.45) is 3.41. The van der Waals surface area contributed by atoms with Gasteiger partial charge in [0, 0.05) is 5.92 Å². The summed E-state index contributed by atoms with van der Waals surface area (Å²) in [5, 5.41) is 12.0. The molecule has 0 aromatic heterocycles. The molecule has 4 atom stereocenters. The lowest BCUT2D eigenvalue weighted by atomic mass is 9.75. The number of benzene rings is 2. The fourth-order valence-electron chi connectivity index (χ4n) is 4.54. The van der Waals surface area contributed by atoms with Gasteiger partial charge in [0.1, 0.15) is 0 Å². The maximum absolute atomic E-state index is 11.6. The largest absolute Gasteiger partial charge is 0.481 e. The van der Waals surface area contributed by atoms with Crippen LogP contribution in [-0.2, 0) is 4.79 Å². The normalized spacial score (nSPS) is 31.8. The van der Waals surface area contributed by atoms with Crippen LogP contribution in [0.1, 0.15) is 30.7 Å². The van der Waals surface area contributed by atoms with E-state index in [1.807, 2.05) is 12.1 Å². The van der Waals surface area contributed by atoms with Crippen LogP contribution in [0.5, 0.6) is 0 Å². The third kappa shape index (κ3) is 1.67. The van der Waals surface area contributed by atoms with Gasteiger partial charge in [0.25, 0.3) is 0 Å². The summed E-state index contributed by atoms with van der Waals surface area (Å²) < 4.78 is 0. The molecule has 0 amide bonds. The van der Waals surface area contributed by atoms with Crippen molar-refractivity contribution in [2.24, 2.45) is 17.8 Å². The van der Waals surface area contributed by atoms with Crippen molar-refractivity contribution in [2.45, 2.75) is 25.2 Å². The number of carboxylic acid groups (broad SMARTS) is 1. The van der Waals surface area contributed by atoms with Crippen LogP contribution in [-0.4, -0.2) is 11.1 Å². The van der Waals surface area contributed by atoms with Crippen LogP contribution < -0.4 is 0 Å². The van der Waals surface area contributed by atoms with Crippen molar-refractivity contribution in [1.82, 2.24) is 0 Å². The summed E-state index contributed by atoms with van der Waals surface area (Å²) in [6.45, 7) is 0. The Labute approximate surface area is 118 Å². The summed E-state index contributed by atoms with van der Waals surface area (Å²) in [7, 11) is 0. The zero-order valence-electron chi connectivity index (χ0n) is 11.3. The van der Waals surface area contributed by atoms with Crippen molar-refractivity contribution < 1.29 is 9.90 Å². The maximum Gasteiger partial charge on any atom is 0.307 e. The van der Waals surface area contributed by atoms with E-state index in [0.717, 1.165) is 12.8 Å². The molecular formula is C18H18O2. The van der Waals surface area contributed by atoms with Crippen molar-refractivity contribution in [2.75, 3.05) is 0 Å². The second kappa shape index (κ2) is 4.34. The Balaban J connectivity index is 1.79. The number of carboxylic acids is 1. The van der Waals surface area contributed by atoms with Crippen molar-refractivity contribution >= 4 is 16.7 Å². The van der Waals surface area contributed by atoms with Crippen molar-refractivity contribution in [1.29, 1.82) is 0 Å². The third-order valence-corrected chi connectivity index (χ3v) is 5.36. The molecule has 0 heterocycles. The minimum atomic E-state index is -0.602. The van der Waals surface area contributed by atoms with Crippen molar-refractivity contribution in [3.8, 4) is 0 Å². The first-order chi connectivity index (χ1) is 9.74. The molecule has 20 heavy (non-hydrogen) atoms. The Kier molecular flexibility index (Phi) is 2.59. The number of aliphatic carboxylic acids is 1. The third-order valence-electron chi connectivity index (χ3n) is 5.36. The molecule has 0 radical (unpaired) electrons. The van der Waals surface area contributed by atoms with E-state index in [1.165, 1.54) is 22.8 Å². The first-order valence-electron chi connectivity index (χ1n) is 7.45. The van der Waals surface area contributed by atoms with Gasteiger partial charge in [-0.2, -0.15) is 0 Å². The summed E-state index contributed by atoms with van der Waals surface area (Å²) >= 11 is 0. The predicted molar refractivity (Wildman–Crippen MR) is 78.6 cm³/mol. The molecular weight excluding hydrogens is 248 g/mol. The van der Waals surface area contributed by atoms with Gasteiger partial charge in [0.2, 0.25) is 0 Å². The Morgan fingerprint density at radius 2 is 1.75 bits per heavy atom. The molecule has 2 aliphatic rings. The van der Waals surface area contributed by atoms with E-state index < -0.39 is 5.97 Å². The minimum absolute atomic E-state index is 0.171. The highest BCUT2D eigenvalue weighted by Gasteiger charge is 2.51. The number of fused-ring (bicyclic) bond motifs is 3. The van der Waals surface area contributed by atoms with Gasteiger partial charge in [0.15, 0.2) is 0 Å². The quantitative estimate of drug-likeness (QED) is 0.890. The van der Waals surface area contributed by atoms with Gasteiger partial charge in [-0.1, -0.05) is 42.5 Å². The number of carbonyl (C=O) groups is 1. The Morgan fingerprint density at radius 3 is 2.55 bits per heavy atom. The van der Waals surface area contributed by atoms with E-state index in [2.05, 4.69) is 30.3 Å². The fourth-order valence-corrected chi connectivity index (χ4v) is 4.54. The van der Waals surface area contributed by atoms with Crippen molar-refractivity contribution in [3.05, 3.63) is 48.0 Å². The zero-order chi connectivity index (χ0) is 13.7. The second-order valence-electron chi connectivity index (χ2n) is 6.33. The van der Waals surface area contributed by atoms with Gasteiger partial charge in [-0.15, -0.1) is 0 Å². The summed E-state index contributed by atoms with van der Waals surface area (Å²) in [6, 6.07) is 14.8. The zero-order valence-corrected chi connectivity index (χ0v) is 11.3. The molecule has 2 fully saturated rings. The Hall–Kier alpha value is -1.83. The van der Waals surface area contributed by atoms with E-state index >= 15 is 0 Å².